The van der Waals surface area contributed by atoms with Crippen LogP contribution in [0.25, 0.3) is 0 Å². The van der Waals surface area contributed by atoms with Gasteiger partial charge in [-0.3, -0.25) is 14.4 Å². The highest BCUT2D eigenvalue weighted by Gasteiger charge is 2.25. The van der Waals surface area contributed by atoms with Crippen LogP contribution in [-0.2, 0) is 32.1 Å². The summed E-state index contributed by atoms with van der Waals surface area (Å²) in [6, 6.07) is 26.3. The van der Waals surface area contributed by atoms with Gasteiger partial charge in [0.2, 0.25) is 11.8 Å². The van der Waals surface area contributed by atoms with Gasteiger partial charge in [0, 0.05) is 12.8 Å². The van der Waals surface area contributed by atoms with E-state index in [0.717, 1.165) is 41.7 Å². The van der Waals surface area contributed by atoms with E-state index in [4.69, 9.17) is 9.47 Å². The maximum absolute atomic E-state index is 13.3. The first kappa shape index (κ1) is 32.5. The number of carbonyl (C=O) groups is 3. The normalized spacial score (nSPS) is 18.8. The van der Waals surface area contributed by atoms with Crippen molar-refractivity contribution in [2.24, 2.45) is 5.92 Å². The molecule has 0 aromatic heterocycles. The first-order valence-electron chi connectivity index (χ1n) is 15.3. The lowest BCUT2D eigenvalue weighted by Crippen LogP contribution is -2.42. The summed E-state index contributed by atoms with van der Waals surface area (Å²) in [5.74, 6) is -0.770. The van der Waals surface area contributed by atoms with E-state index in [1.165, 1.54) is 0 Å². The van der Waals surface area contributed by atoms with E-state index in [1.807, 2.05) is 97.1 Å². The lowest BCUT2D eigenvalue weighted by molar-refractivity contribution is -0.150. The third-order valence-electron chi connectivity index (χ3n) is 7.54. The van der Waals surface area contributed by atoms with Crippen LogP contribution in [0.1, 0.15) is 61.3 Å². The van der Waals surface area contributed by atoms with Gasteiger partial charge in [0.1, 0.15) is 18.5 Å². The molecule has 1 heterocycles. The summed E-state index contributed by atoms with van der Waals surface area (Å²) >= 11 is 0. The molecule has 232 valence electrons. The first-order chi connectivity index (χ1) is 21.5. The number of nitrogens with one attached hydrogen (secondary N) is 2. The molecule has 3 aromatic rings. The van der Waals surface area contributed by atoms with Crippen LogP contribution >= 0.6 is 0 Å². The second-order valence-corrected chi connectivity index (χ2v) is 11.1. The molecule has 0 radical (unpaired) electrons. The summed E-state index contributed by atoms with van der Waals surface area (Å²) in [7, 11) is 0. The van der Waals surface area contributed by atoms with Crippen molar-refractivity contribution >= 4 is 17.8 Å². The molecular formula is C36H42N2O6. The Hall–Kier alpha value is -4.43. The smallest absolute Gasteiger partial charge is 0.306 e. The van der Waals surface area contributed by atoms with Crippen molar-refractivity contribution in [2.75, 3.05) is 13.2 Å². The van der Waals surface area contributed by atoms with Gasteiger partial charge in [-0.15, -0.1) is 0 Å². The van der Waals surface area contributed by atoms with Crippen LogP contribution in [0.3, 0.4) is 0 Å². The van der Waals surface area contributed by atoms with Gasteiger partial charge >= 0.3 is 5.97 Å². The van der Waals surface area contributed by atoms with Crippen molar-refractivity contribution < 1.29 is 29.0 Å². The zero-order valence-corrected chi connectivity index (χ0v) is 25.0. The first-order valence-corrected chi connectivity index (χ1v) is 15.3. The molecule has 44 heavy (non-hydrogen) atoms. The minimum Gasteiger partial charge on any atom is -0.489 e. The van der Waals surface area contributed by atoms with E-state index in [9.17, 15) is 19.5 Å². The van der Waals surface area contributed by atoms with E-state index >= 15 is 0 Å². The molecule has 0 saturated heterocycles. The second kappa shape index (κ2) is 17.6. The molecule has 0 fully saturated rings. The Morgan fingerprint density at radius 1 is 0.932 bits per heavy atom. The highest BCUT2D eigenvalue weighted by molar-refractivity contribution is 5.86. The predicted octanol–water partition coefficient (Wildman–Crippen LogP) is 5.21. The van der Waals surface area contributed by atoms with Gasteiger partial charge in [-0.05, 0) is 60.9 Å². The summed E-state index contributed by atoms with van der Waals surface area (Å²) in [4.78, 5) is 38.8. The number of rotatable bonds is 10. The average molecular weight is 599 g/mol. The Labute approximate surface area is 259 Å². The monoisotopic (exact) mass is 598 g/mol. The molecule has 2 amide bonds. The Bertz CT molecular complexity index is 1340. The Morgan fingerprint density at radius 3 is 2.39 bits per heavy atom. The number of cyclic esters (lactones) is 1. The summed E-state index contributed by atoms with van der Waals surface area (Å²) in [6.07, 6.45) is 6.76. The summed E-state index contributed by atoms with van der Waals surface area (Å²) < 4.78 is 11.6. The quantitative estimate of drug-likeness (QED) is 0.218. The third-order valence-corrected chi connectivity index (χ3v) is 7.54. The number of aliphatic hydroxyl groups excluding tert-OH is 1. The molecule has 0 saturated carbocycles. The molecule has 3 atom stereocenters. The van der Waals surface area contributed by atoms with Crippen molar-refractivity contribution in [2.45, 2.75) is 63.7 Å². The van der Waals surface area contributed by atoms with Crippen molar-refractivity contribution in [1.82, 2.24) is 10.6 Å². The largest absolute Gasteiger partial charge is 0.489 e. The molecule has 8 heteroatoms. The topological polar surface area (TPSA) is 114 Å². The lowest BCUT2D eigenvalue weighted by Gasteiger charge is -2.22. The fourth-order valence-corrected chi connectivity index (χ4v) is 5.06. The molecular weight excluding hydrogens is 556 g/mol. The minimum atomic E-state index is -0.616. The molecule has 0 bridgehead atoms. The van der Waals surface area contributed by atoms with Gasteiger partial charge < -0.3 is 25.2 Å². The van der Waals surface area contributed by atoms with Crippen molar-refractivity contribution in [3.05, 3.63) is 114 Å². The Morgan fingerprint density at radius 2 is 1.66 bits per heavy atom. The van der Waals surface area contributed by atoms with Gasteiger partial charge in [0.05, 0.1) is 25.1 Å². The van der Waals surface area contributed by atoms with Crippen LogP contribution in [-0.4, -0.2) is 42.1 Å². The lowest BCUT2D eigenvalue weighted by atomic mass is 9.98. The summed E-state index contributed by atoms with van der Waals surface area (Å²) in [5, 5.41) is 15.8. The molecule has 0 aliphatic carbocycles. The van der Waals surface area contributed by atoms with Gasteiger partial charge in [0.15, 0.2) is 0 Å². The Balaban J connectivity index is 1.33. The van der Waals surface area contributed by atoms with E-state index < -0.39 is 18.1 Å². The van der Waals surface area contributed by atoms with Crippen LogP contribution in [0, 0.1) is 5.92 Å². The Kier molecular flexibility index (Phi) is 13.0. The molecule has 3 N–H and O–H groups in total. The van der Waals surface area contributed by atoms with E-state index in [1.54, 1.807) is 0 Å². The van der Waals surface area contributed by atoms with Gasteiger partial charge in [-0.1, -0.05) is 84.9 Å². The number of benzene rings is 3. The zero-order valence-electron chi connectivity index (χ0n) is 25.0. The summed E-state index contributed by atoms with van der Waals surface area (Å²) in [5.41, 5.74) is 2.82. The highest BCUT2D eigenvalue weighted by Crippen LogP contribution is 2.20. The van der Waals surface area contributed by atoms with Gasteiger partial charge in [0.25, 0.3) is 0 Å². The number of carbonyl (C=O) groups excluding carboxylic acids is 3. The van der Waals surface area contributed by atoms with Crippen LogP contribution in [0.5, 0.6) is 5.75 Å². The van der Waals surface area contributed by atoms with Crippen molar-refractivity contribution in [1.29, 1.82) is 0 Å². The number of aliphatic hydroxyl groups is 1. The number of hydrogen-bond acceptors (Lipinski definition) is 6. The standard InChI is InChI=1S/C36H42N2O6/c39-25-31(22-27-18-20-32(21-19-27)43-26-28-12-6-4-7-13-28)38-34(40)23-30-16-8-2-1-3-11-17-35(41)44-33(24-37-36(30)42)29-14-9-5-10-15-29/h2,4-10,12-15,18-21,30-31,33,39H,1,3,11,16-17,22-26H2,(H,37,42)(H,38,40)/t30-,31+,33-/m1/s1. The minimum absolute atomic E-state index is 0.0330. The number of amides is 2. The third kappa shape index (κ3) is 11.0. The maximum atomic E-state index is 13.3. The average Bonchev–Trinajstić information content (AvgIpc) is 3.05. The number of ether oxygens (including phenoxy) is 2. The fourth-order valence-electron chi connectivity index (χ4n) is 5.06. The van der Waals surface area contributed by atoms with Crippen molar-refractivity contribution in [3.63, 3.8) is 0 Å². The van der Waals surface area contributed by atoms with E-state index in [2.05, 4.69) is 10.6 Å². The highest BCUT2D eigenvalue weighted by atomic mass is 16.5. The zero-order chi connectivity index (χ0) is 31.0. The summed E-state index contributed by atoms with van der Waals surface area (Å²) in [6.45, 7) is 0.344. The molecule has 1 aliphatic heterocycles. The van der Waals surface area contributed by atoms with Crippen LogP contribution in [0.4, 0.5) is 0 Å². The van der Waals surface area contributed by atoms with Crippen LogP contribution in [0.15, 0.2) is 97.1 Å². The van der Waals surface area contributed by atoms with Crippen molar-refractivity contribution in [3.8, 4) is 5.75 Å². The van der Waals surface area contributed by atoms with E-state index in [0.29, 0.717) is 25.9 Å². The van der Waals surface area contributed by atoms with Crippen LogP contribution in [0.2, 0.25) is 0 Å². The molecule has 0 unspecified atom stereocenters. The molecule has 0 spiro atoms. The second-order valence-electron chi connectivity index (χ2n) is 11.1. The number of hydrogen-bond donors (Lipinski definition) is 3. The van der Waals surface area contributed by atoms with Gasteiger partial charge in [-0.2, -0.15) is 0 Å². The molecule has 1 aliphatic rings. The number of esters is 1. The fraction of sp³-hybridized carbons (Fsp3) is 0.361. The van der Waals surface area contributed by atoms with E-state index in [-0.39, 0.29) is 37.4 Å². The maximum Gasteiger partial charge on any atom is 0.306 e. The number of allylic oxidation sites excluding steroid dienone is 2. The molecule has 3 aromatic carbocycles. The predicted molar refractivity (Wildman–Crippen MR) is 169 cm³/mol. The van der Waals surface area contributed by atoms with Crippen LogP contribution < -0.4 is 15.4 Å². The molecule has 8 nitrogen and oxygen atoms in total. The van der Waals surface area contributed by atoms with Gasteiger partial charge in [-0.25, -0.2) is 0 Å². The molecule has 4 rings (SSSR count). The SMILES string of the molecule is O=C(C[C@H]1CC=CCCCCC(=O)O[C@@H](c2ccccc2)CNC1=O)N[C@H](CO)Cc1ccc(OCc2ccccc2)cc1.